The van der Waals surface area contributed by atoms with Crippen molar-refractivity contribution in [1.82, 2.24) is 5.32 Å². The van der Waals surface area contributed by atoms with Gasteiger partial charge in [0.2, 0.25) is 0 Å². The summed E-state index contributed by atoms with van der Waals surface area (Å²) in [7, 11) is -2.93. The van der Waals surface area contributed by atoms with Gasteiger partial charge in [-0.05, 0) is 37.4 Å². The van der Waals surface area contributed by atoms with Crippen LogP contribution in [0.3, 0.4) is 0 Å². The third kappa shape index (κ3) is 4.04. The highest BCUT2D eigenvalue weighted by atomic mass is 79.9. The molecular weight excluding hydrogens is 326 g/mol. The van der Waals surface area contributed by atoms with Crippen molar-refractivity contribution in [2.75, 3.05) is 12.8 Å². The SMILES string of the molecule is CS(=O)(=O)C1CCCC1NCCc1ccccc1Br. The molecule has 19 heavy (non-hydrogen) atoms. The highest BCUT2D eigenvalue weighted by Crippen LogP contribution is 2.25. The highest BCUT2D eigenvalue weighted by Gasteiger charge is 2.34. The molecule has 0 amide bonds. The molecule has 0 bridgehead atoms. The second kappa shape index (κ2) is 6.37. The minimum Gasteiger partial charge on any atom is -0.312 e. The summed E-state index contributed by atoms with van der Waals surface area (Å²) in [6, 6.07) is 8.27. The normalized spacial score (nSPS) is 23.7. The lowest BCUT2D eigenvalue weighted by molar-refractivity contribution is 0.510. The molecule has 1 N–H and O–H groups in total. The minimum absolute atomic E-state index is 0.123. The molecule has 0 aromatic heterocycles. The molecule has 5 heteroatoms. The fourth-order valence-corrected chi connectivity index (χ4v) is 4.67. The first-order valence-corrected chi connectivity index (χ1v) is 9.39. The first-order chi connectivity index (χ1) is 8.98. The third-order valence-electron chi connectivity index (χ3n) is 3.76. The average Bonchev–Trinajstić information content (AvgIpc) is 2.80. The van der Waals surface area contributed by atoms with Crippen LogP contribution in [0.1, 0.15) is 24.8 Å². The van der Waals surface area contributed by atoms with E-state index in [2.05, 4.69) is 27.3 Å². The molecule has 2 rings (SSSR count). The molecule has 1 fully saturated rings. The Hall–Kier alpha value is -0.390. The van der Waals surface area contributed by atoms with Crippen LogP contribution in [-0.4, -0.2) is 32.5 Å². The first kappa shape index (κ1) is 15.0. The van der Waals surface area contributed by atoms with Crippen LogP contribution < -0.4 is 5.32 Å². The molecule has 0 radical (unpaired) electrons. The van der Waals surface area contributed by atoms with E-state index in [0.29, 0.717) is 0 Å². The van der Waals surface area contributed by atoms with E-state index >= 15 is 0 Å². The van der Waals surface area contributed by atoms with Gasteiger partial charge in [-0.2, -0.15) is 0 Å². The quantitative estimate of drug-likeness (QED) is 0.891. The Bertz CT molecular complexity index is 530. The fraction of sp³-hybridized carbons (Fsp3) is 0.571. The predicted molar refractivity (Wildman–Crippen MR) is 82.1 cm³/mol. The molecule has 2 unspecified atom stereocenters. The molecule has 1 saturated carbocycles. The number of hydrogen-bond acceptors (Lipinski definition) is 3. The summed E-state index contributed by atoms with van der Waals surface area (Å²) >= 11 is 3.53. The van der Waals surface area contributed by atoms with Crippen molar-refractivity contribution in [3.05, 3.63) is 34.3 Å². The molecular formula is C14H20BrNO2S. The summed E-state index contributed by atoms with van der Waals surface area (Å²) in [4.78, 5) is 0. The molecule has 0 heterocycles. The van der Waals surface area contributed by atoms with Crippen LogP contribution >= 0.6 is 15.9 Å². The monoisotopic (exact) mass is 345 g/mol. The number of nitrogens with one attached hydrogen (secondary N) is 1. The topological polar surface area (TPSA) is 46.2 Å². The van der Waals surface area contributed by atoms with Gasteiger partial charge >= 0.3 is 0 Å². The molecule has 0 spiro atoms. The number of benzene rings is 1. The third-order valence-corrected chi connectivity index (χ3v) is 6.20. The van der Waals surface area contributed by atoms with Gasteiger partial charge in [-0.25, -0.2) is 8.42 Å². The molecule has 0 aliphatic heterocycles. The smallest absolute Gasteiger partial charge is 0.151 e. The van der Waals surface area contributed by atoms with E-state index in [1.54, 1.807) is 0 Å². The summed E-state index contributed by atoms with van der Waals surface area (Å²) in [5, 5.41) is 3.21. The van der Waals surface area contributed by atoms with E-state index in [4.69, 9.17) is 0 Å². The van der Waals surface area contributed by atoms with E-state index in [1.165, 1.54) is 11.8 Å². The second-order valence-corrected chi connectivity index (χ2v) is 8.32. The Kier molecular flexibility index (Phi) is 5.03. The Morgan fingerprint density at radius 1 is 1.32 bits per heavy atom. The van der Waals surface area contributed by atoms with Crippen LogP contribution in [0, 0.1) is 0 Å². The van der Waals surface area contributed by atoms with Crippen molar-refractivity contribution in [2.45, 2.75) is 37.0 Å². The van der Waals surface area contributed by atoms with Crippen molar-refractivity contribution in [2.24, 2.45) is 0 Å². The Morgan fingerprint density at radius 2 is 2.05 bits per heavy atom. The standard InChI is InChI=1S/C14H20BrNO2S/c1-19(17,18)14-8-4-7-13(14)16-10-9-11-5-2-3-6-12(11)15/h2-3,5-6,13-14,16H,4,7-10H2,1H3. The van der Waals surface area contributed by atoms with Crippen molar-refractivity contribution >= 4 is 25.8 Å². The molecule has 1 aliphatic carbocycles. The van der Waals surface area contributed by atoms with Gasteiger partial charge in [-0.3, -0.25) is 0 Å². The number of sulfone groups is 1. The van der Waals surface area contributed by atoms with E-state index in [0.717, 1.165) is 36.7 Å². The molecule has 1 aromatic rings. The Labute approximate surface area is 123 Å². The van der Waals surface area contributed by atoms with Crippen LogP contribution in [0.2, 0.25) is 0 Å². The van der Waals surface area contributed by atoms with E-state index in [1.807, 2.05) is 18.2 Å². The van der Waals surface area contributed by atoms with Gasteiger partial charge in [0.1, 0.15) is 0 Å². The fourth-order valence-electron chi connectivity index (χ4n) is 2.77. The van der Waals surface area contributed by atoms with E-state index < -0.39 is 9.84 Å². The van der Waals surface area contributed by atoms with Gasteiger partial charge in [-0.1, -0.05) is 40.5 Å². The Balaban J connectivity index is 1.88. The molecule has 3 nitrogen and oxygen atoms in total. The maximum atomic E-state index is 11.7. The van der Waals surface area contributed by atoms with Crippen LogP contribution in [-0.2, 0) is 16.3 Å². The molecule has 106 valence electrons. The summed E-state index contributed by atoms with van der Waals surface area (Å²) in [6.45, 7) is 0.819. The lowest BCUT2D eigenvalue weighted by Crippen LogP contribution is -2.40. The maximum absolute atomic E-state index is 11.7. The Morgan fingerprint density at radius 3 is 2.74 bits per heavy atom. The lowest BCUT2D eigenvalue weighted by Gasteiger charge is -2.19. The molecule has 2 atom stereocenters. The lowest BCUT2D eigenvalue weighted by atomic mass is 10.1. The summed E-state index contributed by atoms with van der Waals surface area (Å²) in [5.41, 5.74) is 1.25. The predicted octanol–water partition coefficient (Wildman–Crippen LogP) is 2.55. The van der Waals surface area contributed by atoms with Crippen molar-refractivity contribution < 1.29 is 8.42 Å². The van der Waals surface area contributed by atoms with Crippen LogP contribution in [0.5, 0.6) is 0 Å². The number of halogens is 1. The van der Waals surface area contributed by atoms with Gasteiger partial charge in [0.25, 0.3) is 0 Å². The van der Waals surface area contributed by atoms with E-state index in [-0.39, 0.29) is 11.3 Å². The highest BCUT2D eigenvalue weighted by molar-refractivity contribution is 9.10. The molecule has 1 aromatic carbocycles. The van der Waals surface area contributed by atoms with Crippen molar-refractivity contribution in [1.29, 1.82) is 0 Å². The van der Waals surface area contributed by atoms with Gasteiger partial charge in [0, 0.05) is 16.8 Å². The van der Waals surface area contributed by atoms with Gasteiger partial charge in [0.05, 0.1) is 5.25 Å². The van der Waals surface area contributed by atoms with Crippen molar-refractivity contribution in [3.8, 4) is 0 Å². The van der Waals surface area contributed by atoms with Crippen LogP contribution in [0.25, 0.3) is 0 Å². The first-order valence-electron chi connectivity index (χ1n) is 6.64. The van der Waals surface area contributed by atoms with E-state index in [9.17, 15) is 8.42 Å². The molecule has 0 saturated heterocycles. The van der Waals surface area contributed by atoms with Gasteiger partial charge in [-0.15, -0.1) is 0 Å². The minimum atomic E-state index is -2.93. The zero-order chi connectivity index (χ0) is 13.9. The summed E-state index contributed by atoms with van der Waals surface area (Å²) < 4.78 is 24.5. The zero-order valence-electron chi connectivity index (χ0n) is 11.1. The van der Waals surface area contributed by atoms with Gasteiger partial charge in [0.15, 0.2) is 9.84 Å². The zero-order valence-corrected chi connectivity index (χ0v) is 13.5. The van der Waals surface area contributed by atoms with Gasteiger partial charge < -0.3 is 5.32 Å². The average molecular weight is 346 g/mol. The number of rotatable bonds is 5. The van der Waals surface area contributed by atoms with Crippen LogP contribution in [0.4, 0.5) is 0 Å². The summed E-state index contributed by atoms with van der Waals surface area (Å²) in [5.74, 6) is 0. The second-order valence-electron chi connectivity index (χ2n) is 5.20. The molecule has 1 aliphatic rings. The largest absolute Gasteiger partial charge is 0.312 e. The van der Waals surface area contributed by atoms with Crippen LogP contribution in [0.15, 0.2) is 28.7 Å². The van der Waals surface area contributed by atoms with Crippen molar-refractivity contribution in [3.63, 3.8) is 0 Å². The number of hydrogen-bond donors (Lipinski definition) is 1. The maximum Gasteiger partial charge on any atom is 0.151 e. The summed E-state index contributed by atoms with van der Waals surface area (Å²) in [6.07, 6.45) is 5.03.